The predicted molar refractivity (Wildman–Crippen MR) is 149 cm³/mol. The maximum Gasteiger partial charge on any atom is 0.246 e. The van der Waals surface area contributed by atoms with Crippen molar-refractivity contribution in [1.29, 1.82) is 0 Å². The Morgan fingerprint density at radius 3 is 0.667 bits per heavy atom. The zero-order chi connectivity index (χ0) is 22.7. The Kier molecular flexibility index (Phi) is 21.7. The lowest BCUT2D eigenvalue weighted by atomic mass is 10.5. The van der Waals surface area contributed by atoms with E-state index < -0.39 is 0 Å². The molecule has 0 amide bonds. The van der Waals surface area contributed by atoms with E-state index in [9.17, 15) is 0 Å². The summed E-state index contributed by atoms with van der Waals surface area (Å²) in [5.74, 6) is 2.12. The maximum absolute atomic E-state index is 4.94. The molecule has 0 unspecified atom stereocenters. The van der Waals surface area contributed by atoms with E-state index in [1.165, 1.54) is 0 Å². The van der Waals surface area contributed by atoms with E-state index in [1.54, 1.807) is 0 Å². The topological polar surface area (TPSA) is 58.1 Å². The molecule has 12 heteroatoms. The lowest BCUT2D eigenvalue weighted by Gasteiger charge is -2.37. The van der Waals surface area contributed by atoms with Crippen molar-refractivity contribution < 1.29 is 0 Å². The average molecular weight is 533 g/mol. The summed E-state index contributed by atoms with van der Waals surface area (Å²) < 4.78 is 0. The van der Waals surface area contributed by atoms with Crippen molar-refractivity contribution in [2.75, 3.05) is 73.9 Å². The second kappa shape index (κ2) is 19.5. The van der Waals surface area contributed by atoms with E-state index in [1.807, 2.05) is 0 Å². The van der Waals surface area contributed by atoms with Crippen LogP contribution in [0.3, 0.4) is 0 Å². The van der Waals surface area contributed by atoms with Gasteiger partial charge in [0.05, 0.1) is 0 Å². The van der Waals surface area contributed by atoms with Crippen LogP contribution in [0.4, 0.5) is 17.8 Å². The van der Waals surface area contributed by atoms with Gasteiger partial charge in [-0.15, -0.1) is 37.2 Å². The van der Waals surface area contributed by atoms with Crippen molar-refractivity contribution >= 4 is 55.1 Å². The van der Waals surface area contributed by atoms with E-state index in [0.29, 0.717) is 17.8 Å². The lowest BCUT2D eigenvalue weighted by molar-refractivity contribution is 0.261. The van der Waals surface area contributed by atoms with Crippen molar-refractivity contribution in [1.82, 2.24) is 30.0 Å². The number of hydrazine groups is 3. The molecule has 9 nitrogen and oxygen atoms in total. The van der Waals surface area contributed by atoms with E-state index in [4.69, 9.17) is 15.0 Å². The SMILES string of the molecule is CCN(CC)N(CC)c1nc(N(CC)N(CC)CC)nc(N(CC)N(CC)CC)n1.Cl.Cl.Cl. The Bertz CT molecular complexity index is 507. The summed E-state index contributed by atoms with van der Waals surface area (Å²) >= 11 is 0. The molecule has 0 radical (unpaired) electrons. The van der Waals surface area contributed by atoms with Gasteiger partial charge in [0.15, 0.2) is 0 Å². The number of aromatic nitrogens is 3. The van der Waals surface area contributed by atoms with Gasteiger partial charge >= 0.3 is 0 Å². The molecule has 0 aliphatic heterocycles. The van der Waals surface area contributed by atoms with Crippen LogP contribution in [-0.4, -0.2) is 88.9 Å². The van der Waals surface area contributed by atoms with Crippen LogP contribution in [0.1, 0.15) is 62.3 Å². The summed E-state index contributed by atoms with van der Waals surface area (Å²) in [7, 11) is 0. The highest BCUT2D eigenvalue weighted by molar-refractivity contribution is 5.86. The summed E-state index contributed by atoms with van der Waals surface area (Å²) in [6, 6.07) is 0. The summed E-state index contributed by atoms with van der Waals surface area (Å²) in [6.07, 6.45) is 0. The minimum Gasteiger partial charge on any atom is -0.274 e. The molecule has 0 spiro atoms. The molecule has 1 rings (SSSR count). The first kappa shape index (κ1) is 36.7. The van der Waals surface area contributed by atoms with E-state index in [0.717, 1.165) is 58.9 Å². The van der Waals surface area contributed by atoms with Crippen molar-refractivity contribution in [3.8, 4) is 0 Å². The average Bonchev–Trinajstić information content (AvgIpc) is 2.78. The first-order valence-electron chi connectivity index (χ1n) is 11.8. The standard InChI is InChI=1S/C21H45N9.3ClH/c1-10-25(11-2)28(16-7)19-22-20(29(17-8)26(12-3)13-4)24-21(23-19)30(18-9)27(14-5)15-6;;;/h10-18H2,1-9H3;3*1H. The summed E-state index contributed by atoms with van der Waals surface area (Å²) in [4.78, 5) is 14.8. The molecule has 33 heavy (non-hydrogen) atoms. The molecule has 0 aliphatic carbocycles. The first-order valence-corrected chi connectivity index (χ1v) is 11.8. The molecular weight excluding hydrogens is 485 g/mol. The third kappa shape index (κ3) is 9.38. The van der Waals surface area contributed by atoms with Gasteiger partial charge in [0.25, 0.3) is 0 Å². The van der Waals surface area contributed by atoms with Gasteiger partial charge in [0.1, 0.15) is 0 Å². The van der Waals surface area contributed by atoms with Gasteiger partial charge in [0, 0.05) is 58.9 Å². The van der Waals surface area contributed by atoms with Gasteiger partial charge in [-0.3, -0.25) is 15.0 Å². The maximum atomic E-state index is 4.94. The number of halogens is 3. The Balaban J connectivity index is -0.00000300. The van der Waals surface area contributed by atoms with Crippen LogP contribution >= 0.6 is 37.2 Å². The Labute approximate surface area is 221 Å². The molecule has 0 N–H and O–H groups in total. The Morgan fingerprint density at radius 2 is 0.545 bits per heavy atom. The Hall–Kier alpha value is -0.840. The molecule has 1 aromatic heterocycles. The van der Waals surface area contributed by atoms with Gasteiger partial charge < -0.3 is 0 Å². The fourth-order valence-electron chi connectivity index (χ4n) is 3.79. The molecule has 0 saturated heterocycles. The van der Waals surface area contributed by atoms with E-state index in [2.05, 4.69) is 92.4 Å². The molecule has 0 bridgehead atoms. The molecule has 0 aliphatic rings. The van der Waals surface area contributed by atoms with Gasteiger partial charge in [-0.05, 0) is 20.8 Å². The van der Waals surface area contributed by atoms with Crippen molar-refractivity contribution in [2.24, 2.45) is 0 Å². The number of rotatable bonds is 15. The van der Waals surface area contributed by atoms with Crippen LogP contribution in [0, 0.1) is 0 Å². The van der Waals surface area contributed by atoms with Crippen LogP contribution < -0.4 is 15.0 Å². The molecule has 0 saturated carbocycles. The quantitative estimate of drug-likeness (QED) is 0.306. The van der Waals surface area contributed by atoms with E-state index >= 15 is 0 Å². The molecule has 1 heterocycles. The zero-order valence-corrected chi connectivity index (χ0v) is 24.6. The van der Waals surface area contributed by atoms with Gasteiger partial charge in [0.2, 0.25) is 17.8 Å². The largest absolute Gasteiger partial charge is 0.274 e. The number of nitrogens with zero attached hydrogens (tertiary/aromatic N) is 9. The van der Waals surface area contributed by atoms with E-state index in [-0.39, 0.29) is 37.2 Å². The fraction of sp³-hybridized carbons (Fsp3) is 0.857. The summed E-state index contributed by atoms with van der Waals surface area (Å²) in [5.41, 5.74) is 0. The lowest BCUT2D eigenvalue weighted by Crippen LogP contribution is -2.47. The fourth-order valence-corrected chi connectivity index (χ4v) is 3.79. The normalized spacial score (nSPS) is 10.5. The molecular formula is C21H48Cl3N9. The van der Waals surface area contributed by atoms with Gasteiger partial charge in [-0.2, -0.15) is 15.0 Å². The van der Waals surface area contributed by atoms with Crippen LogP contribution in [0.2, 0.25) is 0 Å². The molecule has 0 atom stereocenters. The van der Waals surface area contributed by atoms with Gasteiger partial charge in [-0.25, -0.2) is 15.0 Å². The van der Waals surface area contributed by atoms with Crippen LogP contribution in [0.25, 0.3) is 0 Å². The third-order valence-electron chi connectivity index (χ3n) is 5.41. The molecule has 1 aromatic rings. The van der Waals surface area contributed by atoms with Crippen molar-refractivity contribution in [2.45, 2.75) is 62.3 Å². The second-order valence-corrected chi connectivity index (χ2v) is 6.80. The number of hydrogen-bond donors (Lipinski definition) is 0. The van der Waals surface area contributed by atoms with Crippen LogP contribution in [-0.2, 0) is 0 Å². The highest BCUT2D eigenvalue weighted by Crippen LogP contribution is 2.22. The highest BCUT2D eigenvalue weighted by atomic mass is 35.5. The highest BCUT2D eigenvalue weighted by Gasteiger charge is 2.24. The smallest absolute Gasteiger partial charge is 0.246 e. The van der Waals surface area contributed by atoms with Crippen molar-refractivity contribution in [3.63, 3.8) is 0 Å². The number of anilines is 3. The predicted octanol–water partition coefficient (Wildman–Crippen LogP) is 4.39. The summed E-state index contributed by atoms with van der Waals surface area (Å²) in [6.45, 7) is 27.3. The zero-order valence-electron chi connectivity index (χ0n) is 22.1. The third-order valence-corrected chi connectivity index (χ3v) is 5.41. The monoisotopic (exact) mass is 531 g/mol. The van der Waals surface area contributed by atoms with Crippen LogP contribution in [0.5, 0.6) is 0 Å². The number of hydrogen-bond acceptors (Lipinski definition) is 9. The minimum atomic E-state index is 0. The molecule has 0 fully saturated rings. The van der Waals surface area contributed by atoms with Gasteiger partial charge in [-0.1, -0.05) is 41.5 Å². The second-order valence-electron chi connectivity index (χ2n) is 6.80. The molecule has 198 valence electrons. The van der Waals surface area contributed by atoms with Crippen molar-refractivity contribution in [3.05, 3.63) is 0 Å². The summed E-state index contributed by atoms with van der Waals surface area (Å²) in [5, 5.41) is 13.3. The van der Waals surface area contributed by atoms with Crippen LogP contribution in [0.15, 0.2) is 0 Å². The molecule has 0 aromatic carbocycles. The minimum absolute atomic E-state index is 0. The Morgan fingerprint density at radius 1 is 0.364 bits per heavy atom. The first-order chi connectivity index (χ1) is 14.5.